The molecule has 0 atom stereocenters. The number of amides is 1. The molecule has 4 aromatic rings. The number of aryl methyl sites for hydroxylation is 1. The van der Waals surface area contributed by atoms with Crippen LogP contribution in [0, 0.1) is 6.92 Å². The van der Waals surface area contributed by atoms with Crippen molar-refractivity contribution in [2.75, 3.05) is 29.0 Å². The van der Waals surface area contributed by atoms with Gasteiger partial charge in [-0.15, -0.1) is 0 Å². The molecule has 10 heteroatoms. The van der Waals surface area contributed by atoms with E-state index in [1.807, 2.05) is 69.3 Å². The first-order chi connectivity index (χ1) is 19.1. The predicted octanol–water partition coefficient (Wildman–Crippen LogP) is 5.21. The topological polar surface area (TPSA) is 125 Å². The summed E-state index contributed by atoms with van der Waals surface area (Å²) in [6.45, 7) is 6.64. The van der Waals surface area contributed by atoms with Crippen LogP contribution in [-0.2, 0) is 20.2 Å². The largest absolute Gasteiger partial charge is 0.369 e. The van der Waals surface area contributed by atoms with Gasteiger partial charge in [-0.3, -0.25) is 4.79 Å². The van der Waals surface area contributed by atoms with Crippen molar-refractivity contribution in [3.63, 3.8) is 0 Å². The van der Waals surface area contributed by atoms with Gasteiger partial charge in [0.25, 0.3) is 0 Å². The number of rotatable bonds is 4. The average molecular weight is 557 g/mol. The summed E-state index contributed by atoms with van der Waals surface area (Å²) in [5.74, 6) is 0.868. The highest BCUT2D eigenvalue weighted by Gasteiger charge is 2.30. The Morgan fingerprint density at radius 1 is 0.975 bits per heavy atom. The molecule has 5 rings (SSSR count). The summed E-state index contributed by atoms with van der Waals surface area (Å²) >= 11 is 0. The Morgan fingerprint density at radius 3 is 2.52 bits per heavy atom. The number of sulfonamides is 1. The van der Waals surface area contributed by atoms with Gasteiger partial charge >= 0.3 is 0 Å². The number of fused-ring (bicyclic) bond motifs is 4. The Kier molecular flexibility index (Phi) is 7.55. The van der Waals surface area contributed by atoms with Crippen molar-refractivity contribution in [3.05, 3.63) is 90.1 Å². The molecule has 1 amide bonds. The summed E-state index contributed by atoms with van der Waals surface area (Å²) in [5.41, 5.74) is 4.28. The third-order valence-corrected chi connectivity index (χ3v) is 8.35. The number of carbonyl (C=O) groups excluding carboxylic acids is 1. The molecule has 0 unspecified atom stereocenters. The van der Waals surface area contributed by atoms with E-state index in [4.69, 9.17) is 0 Å². The zero-order valence-electron chi connectivity index (χ0n) is 22.7. The summed E-state index contributed by atoms with van der Waals surface area (Å²) in [6, 6.07) is 22.1. The number of anilines is 4. The molecular weight excluding hydrogens is 524 g/mol. The number of hydrogen-bond donors (Lipinski definition) is 4. The SMILES string of the molecule is Cc1cccc(C(C)(C)C(=O)Nc2ccc(-c3cnc4nc3NCCCNS(=O)(=O)c3cccc(c3)N4)cc2)c1. The third-order valence-electron chi connectivity index (χ3n) is 6.89. The molecule has 1 aliphatic rings. The number of hydrogen-bond acceptors (Lipinski definition) is 7. The number of nitrogens with one attached hydrogen (secondary N) is 4. The van der Waals surface area contributed by atoms with Crippen LogP contribution in [0.5, 0.6) is 0 Å². The average Bonchev–Trinajstić information content (AvgIpc) is 2.93. The molecule has 40 heavy (non-hydrogen) atoms. The molecule has 4 N–H and O–H groups in total. The highest BCUT2D eigenvalue weighted by atomic mass is 32.2. The maximum absolute atomic E-state index is 13.2. The van der Waals surface area contributed by atoms with Crippen molar-refractivity contribution in [1.82, 2.24) is 14.7 Å². The highest BCUT2D eigenvalue weighted by Crippen LogP contribution is 2.30. The van der Waals surface area contributed by atoms with Crippen molar-refractivity contribution in [2.24, 2.45) is 0 Å². The maximum atomic E-state index is 13.2. The first kappa shape index (κ1) is 27.3. The van der Waals surface area contributed by atoms with Gasteiger partial charge in [-0.2, -0.15) is 4.98 Å². The molecule has 1 aromatic heterocycles. The predicted molar refractivity (Wildman–Crippen MR) is 158 cm³/mol. The van der Waals surface area contributed by atoms with Crippen molar-refractivity contribution in [3.8, 4) is 11.1 Å². The fraction of sp³-hybridized carbons (Fsp3) is 0.233. The zero-order valence-corrected chi connectivity index (χ0v) is 23.5. The monoisotopic (exact) mass is 556 g/mol. The van der Waals surface area contributed by atoms with Gasteiger partial charge in [0.15, 0.2) is 0 Å². The van der Waals surface area contributed by atoms with Gasteiger partial charge in [0.2, 0.25) is 21.9 Å². The summed E-state index contributed by atoms with van der Waals surface area (Å²) in [5, 5.41) is 9.45. The molecular formula is C30H32N6O3S. The molecule has 9 nitrogen and oxygen atoms in total. The molecule has 4 bridgehead atoms. The lowest BCUT2D eigenvalue weighted by molar-refractivity contribution is -0.120. The second-order valence-corrected chi connectivity index (χ2v) is 12.1. The van der Waals surface area contributed by atoms with Gasteiger partial charge in [-0.05, 0) is 68.7 Å². The first-order valence-corrected chi connectivity index (χ1v) is 14.6. The normalized spacial score (nSPS) is 14.9. The molecule has 3 aromatic carbocycles. The van der Waals surface area contributed by atoms with Crippen molar-refractivity contribution in [1.29, 1.82) is 0 Å². The molecule has 1 aliphatic heterocycles. The van der Waals surface area contributed by atoms with Crippen LogP contribution in [0.2, 0.25) is 0 Å². The molecule has 0 fully saturated rings. The van der Waals surface area contributed by atoms with E-state index in [0.717, 1.165) is 22.3 Å². The van der Waals surface area contributed by atoms with E-state index in [2.05, 4.69) is 30.6 Å². The summed E-state index contributed by atoms with van der Waals surface area (Å²) in [7, 11) is -3.62. The molecule has 0 radical (unpaired) electrons. The second-order valence-electron chi connectivity index (χ2n) is 10.3. The van der Waals surface area contributed by atoms with Crippen LogP contribution in [0.1, 0.15) is 31.4 Å². The molecule has 206 valence electrons. The van der Waals surface area contributed by atoms with E-state index < -0.39 is 15.4 Å². The van der Waals surface area contributed by atoms with E-state index in [1.54, 1.807) is 30.5 Å². The number of benzene rings is 3. The number of nitrogens with zero attached hydrogens (tertiary/aromatic N) is 2. The Balaban J connectivity index is 1.37. The highest BCUT2D eigenvalue weighted by molar-refractivity contribution is 7.89. The second kappa shape index (κ2) is 11.1. The smallest absolute Gasteiger partial charge is 0.240 e. The lowest BCUT2D eigenvalue weighted by atomic mass is 9.83. The zero-order chi connectivity index (χ0) is 28.3. The number of carbonyl (C=O) groups is 1. The molecule has 2 heterocycles. The van der Waals surface area contributed by atoms with E-state index in [9.17, 15) is 13.2 Å². The van der Waals surface area contributed by atoms with Crippen molar-refractivity contribution in [2.45, 2.75) is 37.5 Å². The van der Waals surface area contributed by atoms with Crippen molar-refractivity contribution < 1.29 is 13.2 Å². The summed E-state index contributed by atoms with van der Waals surface area (Å²) in [6.07, 6.45) is 2.29. The van der Waals surface area contributed by atoms with Crippen molar-refractivity contribution >= 4 is 39.1 Å². The van der Waals surface area contributed by atoms with Crippen LogP contribution in [0.15, 0.2) is 83.9 Å². The quantitative estimate of drug-likeness (QED) is 0.272. The van der Waals surface area contributed by atoms with Gasteiger partial charge in [0, 0.05) is 36.2 Å². The molecule has 0 saturated carbocycles. The van der Waals surface area contributed by atoms with Gasteiger partial charge in [0.05, 0.1) is 10.3 Å². The van der Waals surface area contributed by atoms with E-state index in [-0.39, 0.29) is 17.3 Å². The van der Waals surface area contributed by atoms with Crippen LogP contribution in [-0.4, -0.2) is 37.4 Å². The van der Waals surface area contributed by atoms with Crippen LogP contribution < -0.4 is 20.7 Å². The molecule has 0 spiro atoms. The minimum atomic E-state index is -3.62. The van der Waals surface area contributed by atoms with E-state index in [1.165, 1.54) is 0 Å². The molecule has 0 aliphatic carbocycles. The van der Waals surface area contributed by atoms with E-state index in [0.29, 0.717) is 36.1 Å². The Hall–Kier alpha value is -4.28. The Morgan fingerprint density at radius 2 is 1.75 bits per heavy atom. The van der Waals surface area contributed by atoms with Crippen LogP contribution in [0.3, 0.4) is 0 Å². The molecule has 0 saturated heterocycles. The third kappa shape index (κ3) is 5.98. The van der Waals surface area contributed by atoms with Gasteiger partial charge < -0.3 is 16.0 Å². The standard InChI is InChI=1S/C30H32N6O3S/c1-20-7-4-8-22(17-20)30(2,3)28(37)34-23-13-11-21(12-14-23)26-19-32-29-35-24-9-5-10-25(18-24)40(38,39)33-16-6-15-31-27(26)36-29/h4-5,7-14,17-19,33H,6,15-16H2,1-3H3,(H,34,37)(H2,31,32,35,36). The van der Waals surface area contributed by atoms with E-state index >= 15 is 0 Å². The Bertz CT molecular complexity index is 1650. The number of aromatic nitrogens is 2. The minimum absolute atomic E-state index is 0.0935. The fourth-order valence-electron chi connectivity index (χ4n) is 4.43. The fourth-order valence-corrected chi connectivity index (χ4v) is 5.55. The summed E-state index contributed by atoms with van der Waals surface area (Å²) in [4.78, 5) is 22.5. The minimum Gasteiger partial charge on any atom is -0.369 e. The van der Waals surface area contributed by atoms with Gasteiger partial charge in [-0.25, -0.2) is 18.1 Å². The van der Waals surface area contributed by atoms with Crippen LogP contribution in [0.4, 0.5) is 23.1 Å². The Labute approximate surface area is 234 Å². The van der Waals surface area contributed by atoms with Gasteiger partial charge in [-0.1, -0.05) is 48.0 Å². The lowest BCUT2D eigenvalue weighted by Crippen LogP contribution is -2.34. The van der Waals surface area contributed by atoms with Crippen LogP contribution >= 0.6 is 0 Å². The first-order valence-electron chi connectivity index (χ1n) is 13.1. The van der Waals surface area contributed by atoms with Crippen LogP contribution in [0.25, 0.3) is 11.1 Å². The summed E-state index contributed by atoms with van der Waals surface area (Å²) < 4.78 is 27.9. The lowest BCUT2D eigenvalue weighted by Gasteiger charge is -2.24. The maximum Gasteiger partial charge on any atom is 0.240 e. The van der Waals surface area contributed by atoms with Gasteiger partial charge in [0.1, 0.15) is 5.82 Å².